The number of hydrogen-bond donors (Lipinski definition) is 1. The van der Waals surface area contributed by atoms with Crippen LogP contribution in [-0.4, -0.2) is 48.0 Å². The van der Waals surface area contributed by atoms with Crippen LogP contribution in [0.3, 0.4) is 0 Å². The topological polar surface area (TPSA) is 35.6 Å². The Labute approximate surface area is 79.9 Å². The second kappa shape index (κ2) is 4.58. The Hall–Kier alpha value is -0.610. The third-order valence-electron chi connectivity index (χ3n) is 2.36. The molecule has 1 aliphatic heterocycles. The monoisotopic (exact) mass is 185 g/mol. The normalized spacial score (nSPS) is 20.6. The molecule has 0 spiro atoms. The molecule has 1 fully saturated rings. The quantitative estimate of drug-likeness (QED) is 0.661. The van der Waals surface area contributed by atoms with Crippen molar-refractivity contribution in [3.8, 4) is 0 Å². The van der Waals surface area contributed by atoms with Crippen LogP contribution in [0, 0.1) is 0 Å². The molecule has 1 aliphatic rings. The minimum Gasteiger partial charge on any atom is -0.298 e. The van der Waals surface area contributed by atoms with Crippen LogP contribution in [0.2, 0.25) is 0 Å². The molecular weight excluding hydrogens is 166 g/mol. The van der Waals surface area contributed by atoms with Gasteiger partial charge in [-0.05, 0) is 13.8 Å². The van der Waals surface area contributed by atoms with Gasteiger partial charge < -0.3 is 0 Å². The summed E-state index contributed by atoms with van der Waals surface area (Å²) in [5.74, 6) is 0.0259. The van der Waals surface area contributed by atoms with Gasteiger partial charge >= 0.3 is 0 Å². The Morgan fingerprint density at radius 3 is 2.15 bits per heavy atom. The Bertz CT molecular complexity index is 174. The Morgan fingerprint density at radius 1 is 1.23 bits per heavy atom. The lowest BCUT2D eigenvalue weighted by Gasteiger charge is -2.36. The average molecular weight is 185 g/mol. The molecule has 0 aliphatic carbocycles. The molecule has 1 heterocycles. The third kappa shape index (κ3) is 3.32. The van der Waals surface area contributed by atoms with Crippen LogP contribution in [0.4, 0.5) is 0 Å². The van der Waals surface area contributed by atoms with E-state index in [9.17, 15) is 4.79 Å². The first kappa shape index (κ1) is 10.5. The summed E-state index contributed by atoms with van der Waals surface area (Å²) in [6.07, 6.45) is 0. The minimum atomic E-state index is 0.0259. The molecule has 76 valence electrons. The van der Waals surface area contributed by atoms with Crippen LogP contribution in [0.25, 0.3) is 0 Å². The molecule has 0 aromatic rings. The highest BCUT2D eigenvalue weighted by atomic mass is 16.2. The van der Waals surface area contributed by atoms with E-state index in [4.69, 9.17) is 0 Å². The number of amides is 1. The van der Waals surface area contributed by atoms with Gasteiger partial charge in [0.15, 0.2) is 0 Å². The van der Waals surface area contributed by atoms with E-state index in [0.29, 0.717) is 6.04 Å². The summed E-state index contributed by atoms with van der Waals surface area (Å²) in [5.41, 5.74) is 2.81. The lowest BCUT2D eigenvalue weighted by atomic mass is 10.2. The molecule has 1 saturated heterocycles. The number of piperazine rings is 1. The molecule has 0 aromatic heterocycles. The van der Waals surface area contributed by atoms with E-state index in [1.54, 1.807) is 6.92 Å². The van der Waals surface area contributed by atoms with Crippen LogP contribution in [0.5, 0.6) is 0 Å². The molecule has 0 radical (unpaired) electrons. The average Bonchev–Trinajstić information content (AvgIpc) is 2.04. The van der Waals surface area contributed by atoms with Gasteiger partial charge in [0.25, 0.3) is 0 Å². The van der Waals surface area contributed by atoms with Crippen molar-refractivity contribution in [2.45, 2.75) is 26.8 Å². The van der Waals surface area contributed by atoms with E-state index < -0.39 is 0 Å². The highest BCUT2D eigenvalue weighted by Crippen LogP contribution is 2.03. The van der Waals surface area contributed by atoms with Gasteiger partial charge in [-0.15, -0.1) is 0 Å². The number of rotatable bonds is 2. The molecule has 0 unspecified atom stereocenters. The summed E-state index contributed by atoms with van der Waals surface area (Å²) in [6, 6.07) is 0.611. The largest absolute Gasteiger partial charge is 0.298 e. The van der Waals surface area contributed by atoms with E-state index in [1.807, 2.05) is 5.01 Å². The predicted octanol–water partition coefficient (Wildman–Crippen LogP) is 0.0635. The summed E-state index contributed by atoms with van der Waals surface area (Å²) in [5, 5.41) is 1.99. The predicted molar refractivity (Wildman–Crippen MR) is 52.1 cm³/mol. The Balaban J connectivity index is 2.26. The Morgan fingerprint density at radius 2 is 1.77 bits per heavy atom. The SMILES string of the molecule is CC(=O)NN1CCN(C(C)C)CC1. The lowest BCUT2D eigenvalue weighted by molar-refractivity contribution is -0.124. The molecule has 1 amide bonds. The summed E-state index contributed by atoms with van der Waals surface area (Å²) in [4.78, 5) is 13.2. The first-order valence-electron chi connectivity index (χ1n) is 4.86. The maximum atomic E-state index is 10.8. The number of carbonyl (C=O) groups is 1. The highest BCUT2D eigenvalue weighted by Gasteiger charge is 2.18. The fourth-order valence-corrected chi connectivity index (χ4v) is 1.57. The van der Waals surface area contributed by atoms with Gasteiger partial charge in [0, 0.05) is 39.1 Å². The van der Waals surface area contributed by atoms with Gasteiger partial charge in [-0.1, -0.05) is 0 Å². The van der Waals surface area contributed by atoms with Crippen LogP contribution >= 0.6 is 0 Å². The molecule has 1 rings (SSSR count). The summed E-state index contributed by atoms with van der Waals surface area (Å²) in [7, 11) is 0. The van der Waals surface area contributed by atoms with Gasteiger partial charge in [-0.2, -0.15) is 0 Å². The van der Waals surface area contributed by atoms with Gasteiger partial charge in [0.05, 0.1) is 0 Å². The fraction of sp³-hybridized carbons (Fsp3) is 0.889. The zero-order valence-electron chi connectivity index (χ0n) is 8.71. The summed E-state index contributed by atoms with van der Waals surface area (Å²) in [6.45, 7) is 9.89. The van der Waals surface area contributed by atoms with Gasteiger partial charge in [0.2, 0.25) is 5.91 Å². The molecule has 4 nitrogen and oxygen atoms in total. The van der Waals surface area contributed by atoms with Crippen molar-refractivity contribution in [2.24, 2.45) is 0 Å². The first-order chi connectivity index (χ1) is 6.09. The number of nitrogens with one attached hydrogen (secondary N) is 1. The third-order valence-corrected chi connectivity index (χ3v) is 2.36. The van der Waals surface area contributed by atoms with Crippen molar-refractivity contribution in [3.05, 3.63) is 0 Å². The lowest BCUT2D eigenvalue weighted by Crippen LogP contribution is -2.54. The second-order valence-corrected chi connectivity index (χ2v) is 3.78. The summed E-state index contributed by atoms with van der Waals surface area (Å²) >= 11 is 0. The number of nitrogens with zero attached hydrogens (tertiary/aromatic N) is 2. The van der Waals surface area contributed by atoms with E-state index in [2.05, 4.69) is 24.2 Å². The fourth-order valence-electron chi connectivity index (χ4n) is 1.57. The van der Waals surface area contributed by atoms with Crippen LogP contribution in [0.15, 0.2) is 0 Å². The molecule has 0 atom stereocenters. The van der Waals surface area contributed by atoms with Crippen LogP contribution in [0.1, 0.15) is 20.8 Å². The van der Waals surface area contributed by atoms with Crippen molar-refractivity contribution >= 4 is 5.91 Å². The van der Waals surface area contributed by atoms with Crippen molar-refractivity contribution < 1.29 is 4.79 Å². The van der Waals surface area contributed by atoms with Crippen LogP contribution < -0.4 is 5.43 Å². The summed E-state index contributed by atoms with van der Waals surface area (Å²) < 4.78 is 0. The van der Waals surface area contributed by atoms with E-state index >= 15 is 0 Å². The molecule has 4 heteroatoms. The number of carbonyl (C=O) groups excluding carboxylic acids is 1. The molecule has 1 N–H and O–H groups in total. The van der Waals surface area contributed by atoms with Gasteiger partial charge in [-0.3, -0.25) is 15.1 Å². The van der Waals surface area contributed by atoms with Crippen molar-refractivity contribution in [1.29, 1.82) is 0 Å². The smallest absolute Gasteiger partial charge is 0.231 e. The first-order valence-corrected chi connectivity index (χ1v) is 4.86. The van der Waals surface area contributed by atoms with Gasteiger partial charge in [-0.25, -0.2) is 5.01 Å². The Kier molecular flexibility index (Phi) is 3.69. The molecule has 13 heavy (non-hydrogen) atoms. The zero-order chi connectivity index (χ0) is 9.84. The number of hydrogen-bond acceptors (Lipinski definition) is 3. The molecule has 0 bridgehead atoms. The molecular formula is C9H19N3O. The van der Waals surface area contributed by atoms with Crippen LogP contribution in [-0.2, 0) is 4.79 Å². The maximum Gasteiger partial charge on any atom is 0.231 e. The maximum absolute atomic E-state index is 10.8. The zero-order valence-corrected chi connectivity index (χ0v) is 8.71. The number of hydrazine groups is 1. The van der Waals surface area contributed by atoms with E-state index in [1.165, 1.54) is 0 Å². The highest BCUT2D eigenvalue weighted by molar-refractivity contribution is 5.72. The standard InChI is InChI=1S/C9H19N3O/c1-8(2)11-4-6-12(7-5-11)10-9(3)13/h8H,4-7H2,1-3H3,(H,10,13). The van der Waals surface area contributed by atoms with Crippen molar-refractivity contribution in [1.82, 2.24) is 15.3 Å². The second-order valence-electron chi connectivity index (χ2n) is 3.78. The molecule has 0 saturated carbocycles. The van der Waals surface area contributed by atoms with Gasteiger partial charge in [0.1, 0.15) is 0 Å². The minimum absolute atomic E-state index is 0.0259. The van der Waals surface area contributed by atoms with Crippen molar-refractivity contribution in [3.63, 3.8) is 0 Å². The van der Waals surface area contributed by atoms with Crippen molar-refractivity contribution in [2.75, 3.05) is 26.2 Å². The van der Waals surface area contributed by atoms with E-state index in [-0.39, 0.29) is 5.91 Å². The molecule has 0 aromatic carbocycles. The van der Waals surface area contributed by atoms with E-state index in [0.717, 1.165) is 26.2 Å².